The van der Waals surface area contributed by atoms with E-state index in [1.807, 2.05) is 7.05 Å². The van der Waals surface area contributed by atoms with Crippen LogP contribution in [0.2, 0.25) is 0 Å². The minimum absolute atomic E-state index is 1.21. The van der Waals surface area contributed by atoms with E-state index in [-0.39, 0.29) is 0 Å². The SMILES string of the molecule is CCCCCCCCCCc1ccccc1NC. The van der Waals surface area contributed by atoms with Gasteiger partial charge in [-0.15, -0.1) is 0 Å². The Hall–Kier alpha value is -0.980. The first-order valence-corrected chi connectivity index (χ1v) is 7.64. The van der Waals surface area contributed by atoms with Crippen LogP contribution in [0.4, 0.5) is 5.69 Å². The van der Waals surface area contributed by atoms with Gasteiger partial charge in [-0.25, -0.2) is 0 Å². The zero-order chi connectivity index (χ0) is 13.1. The Morgan fingerprint density at radius 1 is 0.833 bits per heavy atom. The molecule has 1 N–H and O–H groups in total. The number of nitrogens with one attached hydrogen (secondary N) is 1. The summed E-state index contributed by atoms with van der Waals surface area (Å²) in [7, 11) is 2.01. The van der Waals surface area contributed by atoms with Crippen molar-refractivity contribution in [3.63, 3.8) is 0 Å². The fourth-order valence-electron chi connectivity index (χ4n) is 2.43. The Labute approximate surface area is 113 Å². The topological polar surface area (TPSA) is 12.0 Å². The Bertz CT molecular complexity index is 306. The van der Waals surface area contributed by atoms with Crippen LogP contribution in [0, 0.1) is 0 Å². The summed E-state index contributed by atoms with van der Waals surface area (Å²) in [4.78, 5) is 0. The van der Waals surface area contributed by atoms with Gasteiger partial charge in [0.1, 0.15) is 0 Å². The number of rotatable bonds is 10. The van der Waals surface area contributed by atoms with Crippen molar-refractivity contribution in [3.05, 3.63) is 29.8 Å². The third-order valence-corrected chi connectivity index (χ3v) is 3.59. The molecule has 0 fully saturated rings. The monoisotopic (exact) mass is 247 g/mol. The van der Waals surface area contributed by atoms with Crippen LogP contribution >= 0.6 is 0 Å². The van der Waals surface area contributed by atoms with Gasteiger partial charge in [-0.05, 0) is 24.5 Å². The second-order valence-corrected chi connectivity index (χ2v) is 5.13. The molecule has 1 nitrogen and oxygen atoms in total. The van der Waals surface area contributed by atoms with E-state index in [9.17, 15) is 0 Å². The Morgan fingerprint density at radius 2 is 1.44 bits per heavy atom. The lowest BCUT2D eigenvalue weighted by Gasteiger charge is -2.08. The highest BCUT2D eigenvalue weighted by atomic mass is 14.8. The van der Waals surface area contributed by atoms with Gasteiger partial charge in [0.2, 0.25) is 0 Å². The molecule has 0 bridgehead atoms. The minimum Gasteiger partial charge on any atom is -0.388 e. The molecule has 0 unspecified atom stereocenters. The van der Waals surface area contributed by atoms with Crippen molar-refractivity contribution in [2.45, 2.75) is 64.7 Å². The van der Waals surface area contributed by atoms with E-state index in [0.29, 0.717) is 0 Å². The van der Waals surface area contributed by atoms with E-state index in [1.54, 1.807) is 0 Å². The van der Waals surface area contributed by atoms with E-state index < -0.39 is 0 Å². The van der Waals surface area contributed by atoms with Crippen molar-refractivity contribution in [1.82, 2.24) is 0 Å². The summed E-state index contributed by atoms with van der Waals surface area (Å²) < 4.78 is 0. The van der Waals surface area contributed by atoms with Crippen molar-refractivity contribution in [3.8, 4) is 0 Å². The van der Waals surface area contributed by atoms with Gasteiger partial charge in [-0.3, -0.25) is 0 Å². The molecule has 0 atom stereocenters. The zero-order valence-corrected chi connectivity index (χ0v) is 12.2. The molecule has 0 aliphatic carbocycles. The number of anilines is 1. The normalized spacial score (nSPS) is 10.6. The predicted octanol–water partition coefficient (Wildman–Crippen LogP) is 5.41. The molecular weight excluding hydrogens is 218 g/mol. The maximum absolute atomic E-state index is 3.27. The highest BCUT2D eigenvalue weighted by Gasteiger charge is 1.99. The summed E-state index contributed by atoms with van der Waals surface area (Å²) in [5.74, 6) is 0. The van der Waals surface area contributed by atoms with Crippen molar-refractivity contribution in [1.29, 1.82) is 0 Å². The summed E-state index contributed by atoms with van der Waals surface area (Å²) in [5.41, 5.74) is 2.76. The maximum Gasteiger partial charge on any atom is 0.0370 e. The number of hydrogen-bond donors (Lipinski definition) is 1. The molecule has 102 valence electrons. The number of para-hydroxylation sites is 1. The fraction of sp³-hybridized carbons (Fsp3) is 0.647. The van der Waals surface area contributed by atoms with Crippen molar-refractivity contribution >= 4 is 5.69 Å². The van der Waals surface area contributed by atoms with Crippen LogP contribution in [0.1, 0.15) is 63.9 Å². The van der Waals surface area contributed by atoms with E-state index in [2.05, 4.69) is 36.5 Å². The third kappa shape index (κ3) is 6.09. The third-order valence-electron chi connectivity index (χ3n) is 3.59. The van der Waals surface area contributed by atoms with Crippen LogP contribution in [0.15, 0.2) is 24.3 Å². The van der Waals surface area contributed by atoms with Gasteiger partial charge in [-0.2, -0.15) is 0 Å². The Kier molecular flexibility index (Phi) is 8.37. The second kappa shape index (κ2) is 9.99. The van der Waals surface area contributed by atoms with E-state index >= 15 is 0 Å². The predicted molar refractivity (Wildman–Crippen MR) is 82.3 cm³/mol. The molecule has 0 saturated heterocycles. The molecule has 18 heavy (non-hydrogen) atoms. The van der Waals surface area contributed by atoms with Crippen LogP contribution in [0.5, 0.6) is 0 Å². The second-order valence-electron chi connectivity index (χ2n) is 5.13. The van der Waals surface area contributed by atoms with Gasteiger partial charge in [0.25, 0.3) is 0 Å². The highest BCUT2D eigenvalue weighted by Crippen LogP contribution is 2.17. The molecule has 0 aliphatic heterocycles. The first-order chi connectivity index (χ1) is 8.88. The van der Waals surface area contributed by atoms with Gasteiger partial charge in [0.05, 0.1) is 0 Å². The number of unbranched alkanes of at least 4 members (excludes halogenated alkanes) is 7. The Morgan fingerprint density at radius 3 is 2.11 bits per heavy atom. The van der Waals surface area contributed by atoms with E-state index in [0.717, 1.165) is 0 Å². The maximum atomic E-state index is 3.27. The summed E-state index contributed by atoms with van der Waals surface area (Å²) in [6.45, 7) is 2.28. The van der Waals surface area contributed by atoms with Crippen LogP contribution in [0.3, 0.4) is 0 Å². The first-order valence-electron chi connectivity index (χ1n) is 7.64. The van der Waals surface area contributed by atoms with Crippen LogP contribution < -0.4 is 5.32 Å². The van der Waals surface area contributed by atoms with E-state index in [4.69, 9.17) is 0 Å². The van der Waals surface area contributed by atoms with Crippen molar-refractivity contribution < 1.29 is 0 Å². The van der Waals surface area contributed by atoms with Crippen LogP contribution in [-0.2, 0) is 6.42 Å². The van der Waals surface area contributed by atoms with Crippen molar-refractivity contribution in [2.24, 2.45) is 0 Å². The number of benzene rings is 1. The molecule has 0 amide bonds. The van der Waals surface area contributed by atoms with Gasteiger partial charge >= 0.3 is 0 Å². The fourth-order valence-corrected chi connectivity index (χ4v) is 2.43. The molecule has 0 aliphatic rings. The summed E-state index contributed by atoms with van der Waals surface area (Å²) in [5, 5.41) is 3.27. The Balaban J connectivity index is 2.07. The lowest BCUT2D eigenvalue weighted by atomic mass is 10.0. The average Bonchev–Trinajstić information content (AvgIpc) is 2.42. The molecular formula is C17H29N. The van der Waals surface area contributed by atoms with Gasteiger partial charge in [-0.1, -0.05) is 70.1 Å². The van der Waals surface area contributed by atoms with Gasteiger partial charge in [0, 0.05) is 12.7 Å². The molecule has 0 saturated carbocycles. The van der Waals surface area contributed by atoms with E-state index in [1.165, 1.54) is 69.0 Å². The number of aryl methyl sites for hydroxylation is 1. The molecule has 1 heteroatoms. The van der Waals surface area contributed by atoms with Crippen molar-refractivity contribution in [2.75, 3.05) is 12.4 Å². The molecule has 1 aromatic carbocycles. The van der Waals surface area contributed by atoms with Crippen LogP contribution in [0.25, 0.3) is 0 Å². The van der Waals surface area contributed by atoms with Gasteiger partial charge in [0.15, 0.2) is 0 Å². The molecule has 1 rings (SSSR count). The minimum atomic E-state index is 1.21. The van der Waals surface area contributed by atoms with Crippen LogP contribution in [-0.4, -0.2) is 7.05 Å². The molecule has 0 aromatic heterocycles. The lowest BCUT2D eigenvalue weighted by Crippen LogP contribution is -1.95. The number of hydrogen-bond acceptors (Lipinski definition) is 1. The highest BCUT2D eigenvalue weighted by molar-refractivity contribution is 5.50. The summed E-state index contributed by atoms with van der Waals surface area (Å²) in [6, 6.07) is 8.65. The summed E-state index contributed by atoms with van der Waals surface area (Å²) in [6.07, 6.45) is 12.4. The quantitative estimate of drug-likeness (QED) is 0.545. The smallest absolute Gasteiger partial charge is 0.0370 e. The molecule has 0 spiro atoms. The standard InChI is InChI=1S/C17H29N/c1-3-4-5-6-7-8-9-10-13-16-14-11-12-15-17(16)18-2/h11-12,14-15,18H,3-10,13H2,1-2H3. The molecule has 0 radical (unpaired) electrons. The first kappa shape index (κ1) is 15.1. The molecule has 0 heterocycles. The average molecular weight is 247 g/mol. The summed E-state index contributed by atoms with van der Waals surface area (Å²) >= 11 is 0. The zero-order valence-electron chi connectivity index (χ0n) is 12.2. The molecule has 1 aromatic rings. The largest absolute Gasteiger partial charge is 0.388 e. The lowest BCUT2D eigenvalue weighted by molar-refractivity contribution is 0.575. The van der Waals surface area contributed by atoms with Gasteiger partial charge < -0.3 is 5.32 Å².